The SMILES string of the molecule is Cc1ccc(NC(=O)NC2COc3ccccc3C2)cc1C. The summed E-state index contributed by atoms with van der Waals surface area (Å²) in [5, 5.41) is 5.84. The van der Waals surface area contributed by atoms with Crippen LogP contribution in [0.1, 0.15) is 16.7 Å². The van der Waals surface area contributed by atoms with Crippen molar-refractivity contribution < 1.29 is 9.53 Å². The van der Waals surface area contributed by atoms with Gasteiger partial charge in [-0.05, 0) is 55.2 Å². The Morgan fingerprint density at radius 2 is 1.95 bits per heavy atom. The van der Waals surface area contributed by atoms with Crippen LogP contribution in [0.3, 0.4) is 0 Å². The lowest BCUT2D eigenvalue weighted by molar-refractivity contribution is 0.222. The molecule has 1 unspecified atom stereocenters. The molecule has 0 radical (unpaired) electrons. The molecule has 0 spiro atoms. The Morgan fingerprint density at radius 3 is 2.77 bits per heavy atom. The van der Waals surface area contributed by atoms with Crippen LogP contribution in [0, 0.1) is 13.8 Å². The molecule has 2 N–H and O–H groups in total. The van der Waals surface area contributed by atoms with Crippen molar-refractivity contribution in [1.29, 1.82) is 0 Å². The van der Waals surface area contributed by atoms with Crippen molar-refractivity contribution in [2.24, 2.45) is 0 Å². The lowest BCUT2D eigenvalue weighted by Gasteiger charge is -2.26. The third kappa shape index (κ3) is 3.22. The number of fused-ring (bicyclic) bond motifs is 1. The fourth-order valence-electron chi connectivity index (χ4n) is 2.59. The van der Waals surface area contributed by atoms with Crippen molar-refractivity contribution in [3.63, 3.8) is 0 Å². The first kappa shape index (κ1) is 14.4. The maximum absolute atomic E-state index is 12.1. The van der Waals surface area contributed by atoms with Crippen molar-refractivity contribution in [2.75, 3.05) is 11.9 Å². The molecule has 2 aromatic rings. The van der Waals surface area contributed by atoms with E-state index in [4.69, 9.17) is 4.74 Å². The first-order valence-corrected chi connectivity index (χ1v) is 7.47. The molecule has 1 atom stereocenters. The van der Waals surface area contributed by atoms with Gasteiger partial charge in [-0.15, -0.1) is 0 Å². The van der Waals surface area contributed by atoms with Crippen molar-refractivity contribution in [3.8, 4) is 5.75 Å². The Bertz CT molecular complexity index is 697. The highest BCUT2D eigenvalue weighted by Gasteiger charge is 2.20. The minimum Gasteiger partial charge on any atom is -0.491 e. The first-order valence-electron chi connectivity index (χ1n) is 7.47. The molecule has 0 bridgehead atoms. The normalized spacial score (nSPS) is 16.4. The van der Waals surface area contributed by atoms with E-state index in [1.54, 1.807) is 0 Å². The summed E-state index contributed by atoms with van der Waals surface area (Å²) >= 11 is 0. The Morgan fingerprint density at radius 1 is 1.14 bits per heavy atom. The second kappa shape index (κ2) is 6.10. The largest absolute Gasteiger partial charge is 0.491 e. The highest BCUT2D eigenvalue weighted by molar-refractivity contribution is 5.89. The minimum absolute atomic E-state index is 0.0126. The molecular formula is C18H20N2O2. The van der Waals surface area contributed by atoms with Crippen molar-refractivity contribution in [2.45, 2.75) is 26.3 Å². The highest BCUT2D eigenvalue weighted by atomic mass is 16.5. The first-order chi connectivity index (χ1) is 10.6. The summed E-state index contributed by atoms with van der Waals surface area (Å²) in [5.74, 6) is 0.912. The molecular weight excluding hydrogens is 276 g/mol. The number of anilines is 1. The van der Waals surface area contributed by atoms with Gasteiger partial charge in [0, 0.05) is 5.69 Å². The van der Waals surface area contributed by atoms with E-state index in [2.05, 4.69) is 17.6 Å². The summed E-state index contributed by atoms with van der Waals surface area (Å²) < 4.78 is 5.68. The summed E-state index contributed by atoms with van der Waals surface area (Å²) in [6, 6.07) is 13.6. The second-order valence-corrected chi connectivity index (χ2v) is 5.72. The number of carbonyl (C=O) groups is 1. The van der Waals surface area contributed by atoms with Gasteiger partial charge >= 0.3 is 6.03 Å². The smallest absolute Gasteiger partial charge is 0.319 e. The molecule has 3 rings (SSSR count). The summed E-state index contributed by atoms with van der Waals surface area (Å²) in [7, 11) is 0. The van der Waals surface area contributed by atoms with E-state index < -0.39 is 0 Å². The Kier molecular flexibility index (Phi) is 4.00. The van der Waals surface area contributed by atoms with E-state index >= 15 is 0 Å². The van der Waals surface area contributed by atoms with E-state index in [9.17, 15) is 4.79 Å². The van der Waals surface area contributed by atoms with Crippen LogP contribution in [0.4, 0.5) is 10.5 Å². The maximum Gasteiger partial charge on any atom is 0.319 e. The fourth-order valence-corrected chi connectivity index (χ4v) is 2.59. The highest BCUT2D eigenvalue weighted by Crippen LogP contribution is 2.24. The predicted molar refractivity (Wildman–Crippen MR) is 87.5 cm³/mol. The molecule has 22 heavy (non-hydrogen) atoms. The molecule has 2 amide bonds. The fraction of sp³-hybridized carbons (Fsp3) is 0.278. The van der Waals surface area contributed by atoms with Gasteiger partial charge in [-0.3, -0.25) is 0 Å². The number of amides is 2. The molecule has 1 aliphatic rings. The Labute approximate surface area is 130 Å². The monoisotopic (exact) mass is 296 g/mol. The number of para-hydroxylation sites is 1. The van der Waals surface area contributed by atoms with Crippen LogP contribution in [-0.2, 0) is 6.42 Å². The van der Waals surface area contributed by atoms with Crippen LogP contribution in [0.25, 0.3) is 0 Å². The van der Waals surface area contributed by atoms with Gasteiger partial charge in [0.15, 0.2) is 0 Å². The topological polar surface area (TPSA) is 50.4 Å². The van der Waals surface area contributed by atoms with Crippen LogP contribution in [-0.4, -0.2) is 18.7 Å². The molecule has 1 aliphatic heterocycles. The zero-order valence-electron chi connectivity index (χ0n) is 12.8. The standard InChI is InChI=1S/C18H20N2O2/c1-12-7-8-15(9-13(12)2)19-18(21)20-16-10-14-5-3-4-6-17(14)22-11-16/h3-9,16H,10-11H2,1-2H3,(H2,19,20,21). The summed E-state index contributed by atoms with van der Waals surface area (Å²) in [5.41, 5.74) is 4.30. The Hall–Kier alpha value is -2.49. The molecule has 0 saturated carbocycles. The molecule has 0 aliphatic carbocycles. The minimum atomic E-state index is -0.198. The number of aryl methyl sites for hydroxylation is 2. The van der Waals surface area contributed by atoms with Gasteiger partial charge in [0.25, 0.3) is 0 Å². The number of ether oxygens (including phenoxy) is 1. The van der Waals surface area contributed by atoms with Gasteiger partial charge in [-0.25, -0.2) is 4.79 Å². The Balaban J connectivity index is 1.59. The lowest BCUT2D eigenvalue weighted by atomic mass is 10.0. The zero-order chi connectivity index (χ0) is 15.5. The third-order valence-electron chi connectivity index (χ3n) is 3.98. The van der Waals surface area contributed by atoms with Gasteiger partial charge in [-0.1, -0.05) is 24.3 Å². The van der Waals surface area contributed by atoms with Crippen molar-refractivity contribution in [1.82, 2.24) is 5.32 Å². The van der Waals surface area contributed by atoms with Crippen molar-refractivity contribution >= 4 is 11.7 Å². The predicted octanol–water partition coefficient (Wildman–Crippen LogP) is 3.43. The van der Waals surface area contributed by atoms with E-state index in [1.807, 2.05) is 49.4 Å². The number of rotatable bonds is 2. The molecule has 0 aromatic heterocycles. The van der Waals surface area contributed by atoms with Gasteiger partial charge in [0.1, 0.15) is 12.4 Å². The average molecular weight is 296 g/mol. The van der Waals surface area contributed by atoms with E-state index in [0.29, 0.717) is 6.61 Å². The average Bonchev–Trinajstić information content (AvgIpc) is 2.51. The van der Waals surface area contributed by atoms with Gasteiger partial charge in [0.05, 0.1) is 6.04 Å². The van der Waals surface area contributed by atoms with Gasteiger partial charge < -0.3 is 15.4 Å². The van der Waals surface area contributed by atoms with Crippen LogP contribution < -0.4 is 15.4 Å². The molecule has 4 nitrogen and oxygen atoms in total. The number of hydrogen-bond donors (Lipinski definition) is 2. The molecule has 4 heteroatoms. The number of benzene rings is 2. The van der Waals surface area contributed by atoms with Crippen LogP contribution in [0.15, 0.2) is 42.5 Å². The third-order valence-corrected chi connectivity index (χ3v) is 3.98. The van der Waals surface area contributed by atoms with E-state index in [0.717, 1.165) is 29.0 Å². The van der Waals surface area contributed by atoms with Crippen LogP contribution in [0.2, 0.25) is 0 Å². The van der Waals surface area contributed by atoms with Gasteiger partial charge in [-0.2, -0.15) is 0 Å². The summed E-state index contributed by atoms with van der Waals surface area (Å²) in [4.78, 5) is 12.1. The van der Waals surface area contributed by atoms with Gasteiger partial charge in [0.2, 0.25) is 0 Å². The molecule has 114 valence electrons. The number of nitrogens with one attached hydrogen (secondary N) is 2. The number of carbonyl (C=O) groups excluding carboxylic acids is 1. The van der Waals surface area contributed by atoms with E-state index in [1.165, 1.54) is 5.56 Å². The maximum atomic E-state index is 12.1. The van der Waals surface area contributed by atoms with E-state index in [-0.39, 0.29) is 12.1 Å². The molecule has 1 heterocycles. The summed E-state index contributed by atoms with van der Waals surface area (Å²) in [6.45, 7) is 4.58. The second-order valence-electron chi connectivity index (χ2n) is 5.72. The number of urea groups is 1. The quantitative estimate of drug-likeness (QED) is 0.892. The van der Waals surface area contributed by atoms with Crippen LogP contribution in [0.5, 0.6) is 5.75 Å². The van der Waals surface area contributed by atoms with Crippen LogP contribution >= 0.6 is 0 Å². The molecule has 0 fully saturated rings. The molecule has 0 saturated heterocycles. The zero-order valence-corrected chi connectivity index (χ0v) is 12.8. The summed E-state index contributed by atoms with van der Waals surface area (Å²) in [6.07, 6.45) is 0.788. The number of hydrogen-bond acceptors (Lipinski definition) is 2. The molecule has 2 aromatic carbocycles. The lowest BCUT2D eigenvalue weighted by Crippen LogP contribution is -2.44. The van der Waals surface area contributed by atoms with Crippen molar-refractivity contribution in [3.05, 3.63) is 59.2 Å².